The van der Waals surface area contributed by atoms with Crippen LogP contribution in [-0.2, 0) is 0 Å². The Morgan fingerprint density at radius 2 is 1.96 bits per heavy atom. The van der Waals surface area contributed by atoms with Crippen molar-refractivity contribution in [1.82, 2.24) is 19.9 Å². The first-order valence-electron chi connectivity index (χ1n) is 7.66. The minimum atomic E-state index is -1.09. The van der Waals surface area contributed by atoms with Gasteiger partial charge >= 0.3 is 6.09 Å². The summed E-state index contributed by atoms with van der Waals surface area (Å²) in [6.07, 6.45) is 3.39. The highest BCUT2D eigenvalue weighted by Gasteiger charge is 2.44. The molecule has 3 aromatic rings. The van der Waals surface area contributed by atoms with E-state index in [4.69, 9.17) is 5.11 Å². The molecule has 0 unspecified atom stereocenters. The van der Waals surface area contributed by atoms with E-state index in [1.54, 1.807) is 30.6 Å². The number of carboxylic acid groups (broad SMARTS) is 1. The maximum absolute atomic E-state index is 10.8. The van der Waals surface area contributed by atoms with Gasteiger partial charge < -0.3 is 5.11 Å². The van der Waals surface area contributed by atoms with Crippen molar-refractivity contribution in [2.75, 3.05) is 5.32 Å². The highest BCUT2D eigenvalue weighted by Crippen LogP contribution is 2.52. The molecular weight excluding hydrogens is 306 g/mol. The lowest BCUT2D eigenvalue weighted by Crippen LogP contribution is -2.07. The quantitative estimate of drug-likeness (QED) is 0.768. The molecule has 7 heteroatoms. The molecule has 1 amide bonds. The molecule has 120 valence electrons. The van der Waals surface area contributed by atoms with E-state index in [1.165, 1.54) is 0 Å². The van der Waals surface area contributed by atoms with E-state index in [0.717, 1.165) is 34.7 Å². The Labute approximate surface area is 137 Å². The average Bonchev–Trinajstić information content (AvgIpc) is 3.34. The molecule has 0 saturated heterocycles. The summed E-state index contributed by atoms with van der Waals surface area (Å²) in [6.45, 7) is 1.95. The number of rotatable bonds is 3. The predicted molar refractivity (Wildman–Crippen MR) is 88.1 cm³/mol. The van der Waals surface area contributed by atoms with E-state index >= 15 is 0 Å². The fourth-order valence-corrected chi connectivity index (χ4v) is 2.83. The number of carbonyl (C=O) groups is 1. The Balaban J connectivity index is 1.62. The number of hydrogen-bond donors (Lipinski definition) is 2. The Hall–Kier alpha value is -3.09. The lowest BCUT2D eigenvalue weighted by atomic mass is 10.2. The number of anilines is 1. The predicted octanol–water partition coefficient (Wildman–Crippen LogP) is 3.09. The van der Waals surface area contributed by atoms with Crippen LogP contribution in [0.5, 0.6) is 0 Å². The van der Waals surface area contributed by atoms with Crippen LogP contribution >= 0.6 is 0 Å². The van der Waals surface area contributed by atoms with E-state index < -0.39 is 6.09 Å². The summed E-state index contributed by atoms with van der Waals surface area (Å²) in [5.74, 6) is 2.06. The number of aryl methyl sites for hydroxylation is 1. The third-order valence-electron chi connectivity index (χ3n) is 4.12. The summed E-state index contributed by atoms with van der Waals surface area (Å²) < 4.78 is 0. The maximum Gasteiger partial charge on any atom is 0.409 e. The second-order valence-corrected chi connectivity index (χ2v) is 5.94. The first kappa shape index (κ1) is 14.5. The molecule has 24 heavy (non-hydrogen) atoms. The van der Waals surface area contributed by atoms with Crippen molar-refractivity contribution in [2.24, 2.45) is 0 Å². The van der Waals surface area contributed by atoms with Crippen LogP contribution in [0.1, 0.15) is 35.6 Å². The van der Waals surface area contributed by atoms with Gasteiger partial charge in [0, 0.05) is 41.0 Å². The number of fused-ring (bicyclic) bond motifs is 1. The Kier molecular flexibility index (Phi) is 3.34. The van der Waals surface area contributed by atoms with E-state index in [9.17, 15) is 4.79 Å². The Morgan fingerprint density at radius 1 is 1.17 bits per heavy atom. The second kappa shape index (κ2) is 5.52. The van der Waals surface area contributed by atoms with Crippen LogP contribution in [0.2, 0.25) is 0 Å². The molecule has 2 heterocycles. The smallest absolute Gasteiger partial charge is 0.409 e. The van der Waals surface area contributed by atoms with Gasteiger partial charge in [-0.05, 0) is 37.6 Å². The minimum absolute atomic E-state index is 0.215. The van der Waals surface area contributed by atoms with Crippen molar-refractivity contribution >= 4 is 22.7 Å². The van der Waals surface area contributed by atoms with Crippen molar-refractivity contribution in [3.63, 3.8) is 0 Å². The molecule has 2 aromatic heterocycles. The molecule has 0 spiro atoms. The number of benzene rings is 1. The fourth-order valence-electron chi connectivity index (χ4n) is 2.83. The van der Waals surface area contributed by atoms with Crippen molar-refractivity contribution in [3.05, 3.63) is 54.0 Å². The van der Waals surface area contributed by atoms with Gasteiger partial charge in [-0.15, -0.1) is 0 Å². The van der Waals surface area contributed by atoms with E-state index in [1.807, 2.05) is 13.0 Å². The van der Waals surface area contributed by atoms with Crippen LogP contribution in [-0.4, -0.2) is 31.1 Å². The zero-order valence-corrected chi connectivity index (χ0v) is 13.0. The summed E-state index contributed by atoms with van der Waals surface area (Å²) >= 11 is 0. The molecular formula is C17H15N5O2. The summed E-state index contributed by atoms with van der Waals surface area (Å²) in [4.78, 5) is 28.6. The molecule has 4 rings (SSSR count). The van der Waals surface area contributed by atoms with Crippen molar-refractivity contribution < 1.29 is 9.90 Å². The molecule has 1 aliphatic carbocycles. The van der Waals surface area contributed by atoms with Crippen molar-refractivity contribution in [1.29, 1.82) is 0 Å². The van der Waals surface area contributed by atoms with Crippen LogP contribution in [0.4, 0.5) is 10.5 Å². The summed E-state index contributed by atoms with van der Waals surface area (Å²) in [7, 11) is 0. The zero-order valence-electron chi connectivity index (χ0n) is 13.0. The normalized spacial score (nSPS) is 19.2. The van der Waals surface area contributed by atoms with Gasteiger partial charge in [-0.2, -0.15) is 0 Å². The average molecular weight is 321 g/mol. The molecule has 7 nitrogen and oxygen atoms in total. The molecule has 1 saturated carbocycles. The van der Waals surface area contributed by atoms with Crippen LogP contribution < -0.4 is 5.32 Å². The minimum Gasteiger partial charge on any atom is -0.465 e. The highest BCUT2D eigenvalue weighted by atomic mass is 16.4. The Morgan fingerprint density at radius 3 is 2.71 bits per heavy atom. The van der Waals surface area contributed by atoms with E-state index in [-0.39, 0.29) is 11.8 Å². The third kappa shape index (κ3) is 2.76. The zero-order chi connectivity index (χ0) is 16.7. The third-order valence-corrected chi connectivity index (χ3v) is 4.12. The van der Waals surface area contributed by atoms with Gasteiger partial charge in [0.15, 0.2) is 0 Å². The van der Waals surface area contributed by atoms with Crippen LogP contribution in [0.3, 0.4) is 0 Å². The Bertz CT molecular complexity index is 943. The van der Waals surface area contributed by atoms with E-state index in [0.29, 0.717) is 5.69 Å². The van der Waals surface area contributed by atoms with Crippen LogP contribution in [0, 0.1) is 6.92 Å². The van der Waals surface area contributed by atoms with Gasteiger partial charge in [0.2, 0.25) is 0 Å². The molecule has 0 radical (unpaired) electrons. The largest absolute Gasteiger partial charge is 0.465 e. The lowest BCUT2D eigenvalue weighted by Gasteiger charge is -2.05. The van der Waals surface area contributed by atoms with Crippen molar-refractivity contribution in [2.45, 2.75) is 25.2 Å². The maximum atomic E-state index is 10.8. The van der Waals surface area contributed by atoms with Gasteiger partial charge in [0.25, 0.3) is 0 Å². The van der Waals surface area contributed by atoms with Gasteiger partial charge in [0.1, 0.15) is 11.6 Å². The summed E-state index contributed by atoms with van der Waals surface area (Å²) in [5, 5.41) is 12.0. The van der Waals surface area contributed by atoms with Crippen LogP contribution in [0.25, 0.3) is 10.9 Å². The highest BCUT2D eigenvalue weighted by molar-refractivity contribution is 5.88. The summed E-state index contributed by atoms with van der Waals surface area (Å²) in [5.41, 5.74) is 2.17. The first-order valence-corrected chi connectivity index (χ1v) is 7.66. The van der Waals surface area contributed by atoms with Gasteiger partial charge in [-0.3, -0.25) is 5.32 Å². The van der Waals surface area contributed by atoms with Crippen molar-refractivity contribution in [3.8, 4) is 0 Å². The number of aromatic nitrogens is 4. The molecule has 1 fully saturated rings. The molecule has 2 atom stereocenters. The molecule has 2 N–H and O–H groups in total. The monoisotopic (exact) mass is 321 g/mol. The van der Waals surface area contributed by atoms with Gasteiger partial charge in [-0.1, -0.05) is 0 Å². The summed E-state index contributed by atoms with van der Waals surface area (Å²) in [6, 6.07) is 7.10. The standard InChI is InChI=1S/C17H15N5O2/c1-9-4-5-18-15(20-9)12-7-13(12)16-19-8-10-2-3-11(21-17(23)24)6-14(10)22-16/h2-6,8,12-13,21H,7H2,1H3,(H,23,24)/t12-,13-/m0/s1. The fraction of sp³-hybridized carbons (Fsp3) is 0.235. The number of amides is 1. The molecule has 0 bridgehead atoms. The van der Waals surface area contributed by atoms with Gasteiger partial charge in [0.05, 0.1) is 5.52 Å². The number of nitrogens with zero attached hydrogens (tertiary/aromatic N) is 4. The first-order chi connectivity index (χ1) is 11.6. The van der Waals surface area contributed by atoms with Gasteiger partial charge in [-0.25, -0.2) is 24.7 Å². The molecule has 0 aliphatic heterocycles. The number of hydrogen-bond acceptors (Lipinski definition) is 5. The molecule has 1 aliphatic rings. The van der Waals surface area contributed by atoms with E-state index in [2.05, 4.69) is 25.3 Å². The van der Waals surface area contributed by atoms with Crippen LogP contribution in [0.15, 0.2) is 36.7 Å². The lowest BCUT2D eigenvalue weighted by molar-refractivity contribution is 0.210. The second-order valence-electron chi connectivity index (χ2n) is 5.94. The topological polar surface area (TPSA) is 101 Å². The SMILES string of the molecule is Cc1ccnc([C@H]2C[C@@H]2c2ncc3ccc(NC(=O)O)cc3n2)n1. The number of nitrogens with one attached hydrogen (secondary N) is 1. The molecule has 1 aromatic carbocycles.